The highest BCUT2D eigenvalue weighted by atomic mass is 32.1. The molecule has 18 heavy (non-hydrogen) atoms. The Labute approximate surface area is 110 Å². The Morgan fingerprint density at radius 2 is 2.22 bits per heavy atom. The lowest BCUT2D eigenvalue weighted by molar-refractivity contribution is 0.0636. The lowest BCUT2D eigenvalue weighted by Gasteiger charge is -2.18. The third-order valence-electron chi connectivity index (χ3n) is 1.97. The second kappa shape index (κ2) is 5.64. The Hall–Kier alpha value is -1.18. The molecule has 0 radical (unpaired) electrons. The molecule has 1 atom stereocenters. The number of aliphatic hydroxyl groups is 1. The van der Waals surface area contributed by atoms with E-state index in [1.807, 2.05) is 0 Å². The molecule has 1 aromatic heterocycles. The topological polar surface area (TPSA) is 97.5 Å². The van der Waals surface area contributed by atoms with Crippen LogP contribution in [0.3, 0.4) is 0 Å². The Morgan fingerprint density at radius 3 is 2.72 bits per heavy atom. The van der Waals surface area contributed by atoms with E-state index in [1.54, 1.807) is 27.7 Å². The van der Waals surface area contributed by atoms with Crippen molar-refractivity contribution in [2.75, 3.05) is 11.9 Å². The molecule has 1 unspecified atom stereocenters. The highest BCUT2D eigenvalue weighted by Crippen LogP contribution is 2.28. The predicted octanol–water partition coefficient (Wildman–Crippen LogP) is 1.79. The van der Waals surface area contributed by atoms with Gasteiger partial charge in [0, 0.05) is 6.54 Å². The minimum Gasteiger partial charge on any atom is -0.444 e. The van der Waals surface area contributed by atoms with E-state index in [-0.39, 0.29) is 6.54 Å². The summed E-state index contributed by atoms with van der Waals surface area (Å²) in [7, 11) is 0. The van der Waals surface area contributed by atoms with Crippen LogP contribution in [0.5, 0.6) is 0 Å². The monoisotopic (exact) mass is 273 g/mol. The van der Waals surface area contributed by atoms with Gasteiger partial charge in [-0.05, 0) is 27.7 Å². The van der Waals surface area contributed by atoms with Gasteiger partial charge < -0.3 is 15.6 Å². The number of rotatable bonds is 3. The average Bonchev–Trinajstić information content (AvgIpc) is 2.55. The molecule has 4 N–H and O–H groups in total. The number of anilines is 1. The summed E-state index contributed by atoms with van der Waals surface area (Å²) in [4.78, 5) is 16.3. The highest BCUT2D eigenvalue weighted by Gasteiger charge is 2.19. The number of nitrogens with one attached hydrogen (secondary N) is 1. The van der Waals surface area contributed by atoms with Crippen LogP contribution in [0.4, 0.5) is 9.93 Å². The normalized spacial score (nSPS) is 13.2. The van der Waals surface area contributed by atoms with Crippen molar-refractivity contribution in [1.82, 2.24) is 4.98 Å². The molecular formula is C11H19N3O3S. The second-order valence-corrected chi connectivity index (χ2v) is 5.88. The van der Waals surface area contributed by atoms with E-state index in [4.69, 9.17) is 10.5 Å². The number of aryl methyl sites for hydroxylation is 1. The fourth-order valence-corrected chi connectivity index (χ4v) is 2.22. The van der Waals surface area contributed by atoms with E-state index in [1.165, 1.54) is 11.3 Å². The van der Waals surface area contributed by atoms with E-state index in [2.05, 4.69) is 10.3 Å². The van der Waals surface area contributed by atoms with Crippen LogP contribution >= 0.6 is 11.3 Å². The maximum Gasteiger partial charge on any atom is 0.413 e. The first kappa shape index (κ1) is 14.9. The summed E-state index contributed by atoms with van der Waals surface area (Å²) < 4.78 is 5.11. The van der Waals surface area contributed by atoms with Gasteiger partial charge in [0.1, 0.15) is 11.7 Å². The molecule has 0 saturated carbocycles. The zero-order valence-electron chi connectivity index (χ0n) is 11.0. The lowest BCUT2D eigenvalue weighted by Crippen LogP contribution is -2.27. The van der Waals surface area contributed by atoms with Crippen LogP contribution < -0.4 is 11.1 Å². The number of carbonyl (C=O) groups is 1. The highest BCUT2D eigenvalue weighted by molar-refractivity contribution is 7.16. The van der Waals surface area contributed by atoms with Gasteiger partial charge in [0.25, 0.3) is 0 Å². The van der Waals surface area contributed by atoms with E-state index in [0.717, 1.165) is 0 Å². The summed E-state index contributed by atoms with van der Waals surface area (Å²) in [6.45, 7) is 7.22. The van der Waals surface area contributed by atoms with Crippen molar-refractivity contribution < 1.29 is 14.6 Å². The number of nitrogens with two attached hydrogens (primary N) is 1. The van der Waals surface area contributed by atoms with Crippen LogP contribution in [-0.4, -0.2) is 28.3 Å². The summed E-state index contributed by atoms with van der Waals surface area (Å²) in [5.41, 5.74) is 5.48. The van der Waals surface area contributed by atoms with Crippen LogP contribution in [0.25, 0.3) is 0 Å². The Bertz CT molecular complexity index is 426. The minimum absolute atomic E-state index is 0.120. The molecule has 6 nitrogen and oxygen atoms in total. The first-order valence-electron chi connectivity index (χ1n) is 5.58. The molecule has 1 amide bonds. The maximum atomic E-state index is 11.5. The molecule has 0 aromatic carbocycles. The van der Waals surface area contributed by atoms with Crippen LogP contribution in [-0.2, 0) is 4.74 Å². The summed E-state index contributed by atoms with van der Waals surface area (Å²) in [6, 6.07) is 0. The van der Waals surface area contributed by atoms with E-state index < -0.39 is 17.8 Å². The van der Waals surface area contributed by atoms with Crippen LogP contribution in [0.2, 0.25) is 0 Å². The molecule has 7 heteroatoms. The van der Waals surface area contributed by atoms with E-state index >= 15 is 0 Å². The third-order valence-corrected chi connectivity index (χ3v) is 3.14. The number of hydrogen-bond donors (Lipinski definition) is 3. The number of hydrogen-bond acceptors (Lipinski definition) is 6. The molecule has 1 aromatic rings. The fraction of sp³-hybridized carbons (Fsp3) is 0.636. The van der Waals surface area contributed by atoms with Crippen molar-refractivity contribution in [3.8, 4) is 0 Å². The lowest BCUT2D eigenvalue weighted by atomic mass is 10.2. The number of amides is 1. The Balaban J connectivity index is 2.72. The van der Waals surface area contributed by atoms with E-state index in [9.17, 15) is 9.90 Å². The smallest absolute Gasteiger partial charge is 0.413 e. The molecule has 0 saturated heterocycles. The molecule has 1 heterocycles. The van der Waals surface area contributed by atoms with Crippen LogP contribution in [0.1, 0.15) is 37.4 Å². The predicted molar refractivity (Wildman–Crippen MR) is 70.7 cm³/mol. The number of aromatic nitrogens is 1. The van der Waals surface area contributed by atoms with Gasteiger partial charge in [0.2, 0.25) is 0 Å². The van der Waals surface area contributed by atoms with Gasteiger partial charge in [0.15, 0.2) is 5.13 Å². The Kier molecular flexibility index (Phi) is 4.66. The molecule has 0 bridgehead atoms. The molecule has 0 spiro atoms. The number of ether oxygens (including phenoxy) is 1. The van der Waals surface area contributed by atoms with Gasteiger partial charge in [-0.2, -0.15) is 0 Å². The van der Waals surface area contributed by atoms with Crippen LogP contribution in [0, 0.1) is 6.92 Å². The van der Waals surface area contributed by atoms with Gasteiger partial charge in [-0.3, -0.25) is 5.32 Å². The summed E-state index contributed by atoms with van der Waals surface area (Å²) in [5.74, 6) is 0. The molecule has 0 aliphatic carbocycles. The summed E-state index contributed by atoms with van der Waals surface area (Å²) in [5, 5.41) is 12.6. The fourth-order valence-electron chi connectivity index (χ4n) is 1.27. The standard InChI is InChI=1S/C11H19N3O3S/c1-6-8(7(15)5-12)18-9(13-6)14-10(16)17-11(2,3)4/h7,15H,5,12H2,1-4H3,(H,13,14,16). The van der Waals surface area contributed by atoms with Crippen molar-refractivity contribution in [2.45, 2.75) is 39.4 Å². The maximum absolute atomic E-state index is 11.5. The Morgan fingerprint density at radius 1 is 1.61 bits per heavy atom. The number of thiazole rings is 1. The zero-order chi connectivity index (χ0) is 13.9. The SMILES string of the molecule is Cc1nc(NC(=O)OC(C)(C)C)sc1C(O)CN. The number of nitrogens with zero attached hydrogens (tertiary/aromatic N) is 1. The molecule has 102 valence electrons. The molecule has 0 fully saturated rings. The minimum atomic E-state index is -0.753. The molecular weight excluding hydrogens is 254 g/mol. The second-order valence-electron chi connectivity index (χ2n) is 4.85. The molecule has 0 aliphatic heterocycles. The van der Waals surface area contributed by atoms with Gasteiger partial charge in [0.05, 0.1) is 10.6 Å². The van der Waals surface area contributed by atoms with Crippen molar-refractivity contribution in [1.29, 1.82) is 0 Å². The first-order valence-corrected chi connectivity index (χ1v) is 6.40. The average molecular weight is 273 g/mol. The molecule has 1 rings (SSSR count). The van der Waals surface area contributed by atoms with Gasteiger partial charge >= 0.3 is 6.09 Å². The third kappa shape index (κ3) is 4.25. The van der Waals surface area contributed by atoms with Gasteiger partial charge in [-0.1, -0.05) is 11.3 Å². The van der Waals surface area contributed by atoms with Crippen LogP contribution in [0.15, 0.2) is 0 Å². The zero-order valence-corrected chi connectivity index (χ0v) is 11.8. The van der Waals surface area contributed by atoms with Gasteiger partial charge in [-0.25, -0.2) is 9.78 Å². The van der Waals surface area contributed by atoms with Gasteiger partial charge in [-0.15, -0.1) is 0 Å². The molecule has 0 aliphatic rings. The van der Waals surface area contributed by atoms with Crippen molar-refractivity contribution >= 4 is 22.6 Å². The first-order chi connectivity index (χ1) is 8.23. The quantitative estimate of drug-likeness (QED) is 0.780. The van der Waals surface area contributed by atoms with E-state index in [0.29, 0.717) is 15.7 Å². The summed E-state index contributed by atoms with van der Waals surface area (Å²) >= 11 is 1.19. The number of aliphatic hydroxyl groups excluding tert-OH is 1. The number of carbonyl (C=O) groups excluding carboxylic acids is 1. The summed E-state index contributed by atoms with van der Waals surface area (Å²) in [6.07, 6.45) is -1.32. The van der Waals surface area contributed by atoms with Crippen molar-refractivity contribution in [3.63, 3.8) is 0 Å². The van der Waals surface area contributed by atoms with Crippen molar-refractivity contribution in [2.24, 2.45) is 5.73 Å². The van der Waals surface area contributed by atoms with Crippen molar-refractivity contribution in [3.05, 3.63) is 10.6 Å². The largest absolute Gasteiger partial charge is 0.444 e.